The van der Waals surface area contributed by atoms with Gasteiger partial charge in [0.1, 0.15) is 5.82 Å². The molecule has 0 radical (unpaired) electrons. The maximum Gasteiger partial charge on any atom is 0.416 e. The van der Waals surface area contributed by atoms with Gasteiger partial charge in [-0.1, -0.05) is 30.3 Å². The Morgan fingerprint density at radius 3 is 2.62 bits per heavy atom. The van der Waals surface area contributed by atoms with E-state index in [0.29, 0.717) is 18.7 Å². The number of benzene rings is 1. The van der Waals surface area contributed by atoms with E-state index in [0.717, 1.165) is 43.2 Å². The van der Waals surface area contributed by atoms with Crippen LogP contribution in [0.4, 0.5) is 24.9 Å². The van der Waals surface area contributed by atoms with E-state index in [-0.39, 0.29) is 23.7 Å². The van der Waals surface area contributed by atoms with Gasteiger partial charge in [-0.15, -0.1) is 0 Å². The van der Waals surface area contributed by atoms with Crippen molar-refractivity contribution in [2.75, 3.05) is 11.9 Å². The molecule has 6 nitrogen and oxygen atoms in total. The fourth-order valence-electron chi connectivity index (χ4n) is 3.82. The summed E-state index contributed by atoms with van der Waals surface area (Å²) in [5.41, 5.74) is 0.786. The van der Waals surface area contributed by atoms with Crippen molar-refractivity contribution in [2.45, 2.75) is 37.9 Å². The van der Waals surface area contributed by atoms with Gasteiger partial charge < -0.3 is 10.2 Å². The number of aromatic nitrogens is 3. The van der Waals surface area contributed by atoms with E-state index in [1.807, 2.05) is 35.2 Å². The lowest BCUT2D eigenvalue weighted by molar-refractivity contribution is -0.137. The molecule has 0 unspecified atom stereocenters. The highest BCUT2D eigenvalue weighted by molar-refractivity contribution is 5.79. The maximum absolute atomic E-state index is 13.0. The van der Waals surface area contributed by atoms with Gasteiger partial charge in [-0.2, -0.15) is 13.2 Å². The van der Waals surface area contributed by atoms with Crippen LogP contribution < -0.4 is 5.32 Å². The molecule has 166 valence electrons. The quantitative estimate of drug-likeness (QED) is 0.608. The number of piperidine rings is 1. The molecular weight excluding hydrogens is 419 g/mol. The number of anilines is 2. The minimum absolute atomic E-state index is 0.00220. The van der Waals surface area contributed by atoms with E-state index in [1.54, 1.807) is 6.07 Å². The van der Waals surface area contributed by atoms with Crippen molar-refractivity contribution in [1.29, 1.82) is 0 Å². The molecule has 1 atom stereocenters. The Morgan fingerprint density at radius 1 is 1.06 bits per heavy atom. The third-order valence-corrected chi connectivity index (χ3v) is 5.37. The molecule has 0 spiro atoms. The molecule has 2 aromatic heterocycles. The Hall–Kier alpha value is -3.49. The Morgan fingerprint density at radius 2 is 1.84 bits per heavy atom. The third-order valence-electron chi connectivity index (χ3n) is 5.37. The first kappa shape index (κ1) is 21.7. The van der Waals surface area contributed by atoms with Crippen molar-refractivity contribution >= 4 is 17.7 Å². The van der Waals surface area contributed by atoms with E-state index >= 15 is 0 Å². The topological polar surface area (TPSA) is 71.0 Å². The number of nitrogens with one attached hydrogen (secondary N) is 1. The summed E-state index contributed by atoms with van der Waals surface area (Å²) in [6, 6.07) is 12.9. The highest BCUT2D eigenvalue weighted by atomic mass is 19.4. The van der Waals surface area contributed by atoms with Crippen LogP contribution in [0.5, 0.6) is 0 Å². The van der Waals surface area contributed by atoms with Crippen LogP contribution in [0.15, 0.2) is 60.9 Å². The van der Waals surface area contributed by atoms with Gasteiger partial charge in [0.25, 0.3) is 0 Å². The molecule has 1 saturated heterocycles. The minimum Gasteiger partial charge on any atom is -0.334 e. The summed E-state index contributed by atoms with van der Waals surface area (Å²) in [6.45, 7) is 0.637. The van der Waals surface area contributed by atoms with Gasteiger partial charge in [-0.05, 0) is 43.0 Å². The summed E-state index contributed by atoms with van der Waals surface area (Å²) in [5.74, 6) is 0.154. The van der Waals surface area contributed by atoms with Gasteiger partial charge in [0.2, 0.25) is 11.9 Å². The summed E-state index contributed by atoms with van der Waals surface area (Å²) < 4.78 is 38.9. The van der Waals surface area contributed by atoms with Gasteiger partial charge >= 0.3 is 6.18 Å². The number of nitrogens with zero attached hydrogens (tertiary/aromatic N) is 4. The average molecular weight is 441 g/mol. The Labute approximate surface area is 183 Å². The third kappa shape index (κ3) is 5.22. The summed E-state index contributed by atoms with van der Waals surface area (Å²) >= 11 is 0. The average Bonchev–Trinajstić information content (AvgIpc) is 2.79. The standard InChI is InChI=1S/C23H22F3N5O/c24-23(25,26)17-9-11-27-20(15-17)30-22-28-12-10-18(29-22)19-8-4-5-13-31(19)21(32)14-16-6-2-1-3-7-16/h1-3,6-7,9-12,15,19H,4-5,8,13-14H2,(H,27,28,29,30)/t19-/m0/s1. The Balaban J connectivity index is 1.53. The number of hydrogen-bond acceptors (Lipinski definition) is 5. The molecule has 32 heavy (non-hydrogen) atoms. The van der Waals surface area contributed by atoms with Gasteiger partial charge in [0.15, 0.2) is 0 Å². The number of amides is 1. The van der Waals surface area contributed by atoms with Crippen LogP contribution >= 0.6 is 0 Å². The molecule has 1 aliphatic heterocycles. The van der Waals surface area contributed by atoms with E-state index < -0.39 is 11.7 Å². The lowest BCUT2D eigenvalue weighted by Gasteiger charge is -2.35. The van der Waals surface area contributed by atoms with Crippen molar-refractivity contribution in [3.8, 4) is 0 Å². The normalized spacial score (nSPS) is 16.6. The minimum atomic E-state index is -4.47. The zero-order valence-electron chi connectivity index (χ0n) is 17.2. The van der Waals surface area contributed by atoms with Crippen molar-refractivity contribution < 1.29 is 18.0 Å². The van der Waals surface area contributed by atoms with E-state index in [4.69, 9.17) is 0 Å². The molecule has 0 saturated carbocycles. The lowest BCUT2D eigenvalue weighted by atomic mass is 9.98. The number of pyridine rings is 1. The Kier molecular flexibility index (Phi) is 6.34. The number of likely N-dealkylation sites (tertiary alicyclic amines) is 1. The smallest absolute Gasteiger partial charge is 0.334 e. The van der Waals surface area contributed by atoms with Crippen molar-refractivity contribution in [2.24, 2.45) is 0 Å². The molecule has 1 amide bonds. The van der Waals surface area contributed by atoms with Gasteiger partial charge in [0, 0.05) is 18.9 Å². The lowest BCUT2D eigenvalue weighted by Crippen LogP contribution is -2.39. The van der Waals surface area contributed by atoms with E-state index in [2.05, 4.69) is 20.3 Å². The second-order valence-electron chi connectivity index (χ2n) is 7.62. The zero-order valence-corrected chi connectivity index (χ0v) is 17.2. The van der Waals surface area contributed by atoms with Gasteiger partial charge in [0.05, 0.1) is 23.7 Å². The maximum atomic E-state index is 13.0. The molecular formula is C23H22F3N5O. The molecule has 4 rings (SSSR count). The molecule has 3 heterocycles. The second-order valence-corrected chi connectivity index (χ2v) is 7.62. The highest BCUT2D eigenvalue weighted by Gasteiger charge is 2.31. The number of alkyl halides is 3. The summed E-state index contributed by atoms with van der Waals surface area (Å²) in [6.07, 6.45) is 1.10. The fourth-order valence-corrected chi connectivity index (χ4v) is 3.82. The zero-order chi connectivity index (χ0) is 22.6. The number of halogens is 3. The van der Waals surface area contributed by atoms with E-state index in [9.17, 15) is 18.0 Å². The first-order valence-electron chi connectivity index (χ1n) is 10.4. The number of rotatable bonds is 5. The summed E-state index contributed by atoms with van der Waals surface area (Å²) in [7, 11) is 0. The number of carbonyl (C=O) groups is 1. The predicted octanol–water partition coefficient (Wildman–Crippen LogP) is 4.93. The fraction of sp³-hybridized carbons (Fsp3) is 0.304. The van der Waals surface area contributed by atoms with Crippen molar-refractivity contribution in [1.82, 2.24) is 19.9 Å². The molecule has 9 heteroatoms. The van der Waals surface area contributed by atoms with Crippen LogP contribution in [-0.2, 0) is 17.4 Å². The van der Waals surface area contributed by atoms with Crippen molar-refractivity contribution in [3.05, 3.63) is 77.7 Å². The molecule has 0 aliphatic carbocycles. The van der Waals surface area contributed by atoms with Crippen LogP contribution in [0.1, 0.15) is 42.1 Å². The van der Waals surface area contributed by atoms with Crippen LogP contribution in [-0.4, -0.2) is 32.3 Å². The monoisotopic (exact) mass is 441 g/mol. The number of hydrogen-bond donors (Lipinski definition) is 1. The highest BCUT2D eigenvalue weighted by Crippen LogP contribution is 2.32. The SMILES string of the molecule is O=C(Cc1ccccc1)N1CCCC[C@H]1c1ccnc(Nc2cc(C(F)(F)F)ccn2)n1. The first-order chi connectivity index (χ1) is 15.4. The molecule has 0 bridgehead atoms. The molecule has 1 aliphatic rings. The molecule has 3 aromatic rings. The molecule has 1 fully saturated rings. The molecule has 1 aromatic carbocycles. The number of carbonyl (C=O) groups excluding carboxylic acids is 1. The predicted molar refractivity (Wildman–Crippen MR) is 113 cm³/mol. The van der Waals surface area contributed by atoms with Gasteiger partial charge in [-0.25, -0.2) is 15.0 Å². The molecule has 1 N–H and O–H groups in total. The second kappa shape index (κ2) is 9.33. The largest absolute Gasteiger partial charge is 0.416 e. The van der Waals surface area contributed by atoms with Crippen molar-refractivity contribution in [3.63, 3.8) is 0 Å². The summed E-state index contributed by atoms with van der Waals surface area (Å²) in [4.78, 5) is 27.4. The van der Waals surface area contributed by atoms with Crippen LogP contribution in [0.3, 0.4) is 0 Å². The summed E-state index contributed by atoms with van der Waals surface area (Å²) in [5, 5.41) is 2.74. The van der Waals surface area contributed by atoms with Gasteiger partial charge in [-0.3, -0.25) is 4.79 Å². The first-order valence-corrected chi connectivity index (χ1v) is 10.4. The van der Waals surface area contributed by atoms with Crippen LogP contribution in [0.25, 0.3) is 0 Å². The van der Waals surface area contributed by atoms with Crippen LogP contribution in [0.2, 0.25) is 0 Å². The van der Waals surface area contributed by atoms with E-state index in [1.165, 1.54) is 6.20 Å². The van der Waals surface area contributed by atoms with Crippen LogP contribution in [0, 0.1) is 0 Å². The Bertz CT molecular complexity index is 1070.